The molecule has 0 bridgehead atoms. The summed E-state index contributed by atoms with van der Waals surface area (Å²) in [6.07, 6.45) is 0. The number of pyridine rings is 1. The molecule has 0 saturated carbocycles. The van der Waals surface area contributed by atoms with E-state index in [2.05, 4.69) is 15.6 Å². The molecule has 0 N–H and O–H groups in total. The monoisotopic (exact) mass is 425 g/mol. The summed E-state index contributed by atoms with van der Waals surface area (Å²) >= 11 is 0. The van der Waals surface area contributed by atoms with Crippen LogP contribution in [0.15, 0.2) is 72.8 Å². The number of ether oxygens (including phenoxy) is 3. The van der Waals surface area contributed by atoms with E-state index in [0.717, 1.165) is 56.4 Å². The molecule has 0 aliphatic rings. The second kappa shape index (κ2) is 8.23. The SMILES string of the molecule is COc1ccc(-n2c(COc3cc(C)nc4ccc(OC)cc34)nc3ccccc32)cc1. The molecule has 160 valence electrons. The number of hydrogen-bond donors (Lipinski definition) is 0. The van der Waals surface area contributed by atoms with Gasteiger partial charge in [0.05, 0.1) is 30.8 Å². The summed E-state index contributed by atoms with van der Waals surface area (Å²) in [7, 11) is 3.32. The van der Waals surface area contributed by atoms with Crippen LogP contribution in [0.5, 0.6) is 17.2 Å². The van der Waals surface area contributed by atoms with E-state index in [1.807, 2.05) is 73.7 Å². The summed E-state index contributed by atoms with van der Waals surface area (Å²) in [5, 5.41) is 0.905. The first-order valence-electron chi connectivity index (χ1n) is 10.4. The lowest BCUT2D eigenvalue weighted by molar-refractivity contribution is 0.297. The first-order valence-corrected chi connectivity index (χ1v) is 10.4. The minimum absolute atomic E-state index is 0.302. The number of fused-ring (bicyclic) bond motifs is 2. The standard InChI is InChI=1S/C26H23N3O3/c1-17-14-25(21-15-20(31-3)12-13-22(21)27-17)32-16-26-28-23-6-4-5-7-24(23)29(26)18-8-10-19(30-2)11-9-18/h4-15H,16H2,1-3H3. The van der Waals surface area contributed by atoms with Crippen LogP contribution >= 0.6 is 0 Å². The molecule has 0 saturated heterocycles. The summed E-state index contributed by atoms with van der Waals surface area (Å²) in [6, 6.07) is 23.8. The molecule has 6 nitrogen and oxygen atoms in total. The van der Waals surface area contributed by atoms with Crippen LogP contribution in [0.4, 0.5) is 0 Å². The molecule has 0 spiro atoms. The van der Waals surface area contributed by atoms with Gasteiger partial charge < -0.3 is 14.2 Å². The molecule has 6 heteroatoms. The minimum Gasteiger partial charge on any atom is -0.497 e. The van der Waals surface area contributed by atoms with Crippen LogP contribution in [-0.4, -0.2) is 28.8 Å². The lowest BCUT2D eigenvalue weighted by atomic mass is 10.1. The van der Waals surface area contributed by atoms with Gasteiger partial charge in [0.25, 0.3) is 0 Å². The third kappa shape index (κ3) is 3.60. The van der Waals surface area contributed by atoms with Gasteiger partial charge in [-0.2, -0.15) is 0 Å². The van der Waals surface area contributed by atoms with E-state index in [4.69, 9.17) is 19.2 Å². The van der Waals surface area contributed by atoms with Crippen molar-refractivity contribution in [2.45, 2.75) is 13.5 Å². The van der Waals surface area contributed by atoms with E-state index >= 15 is 0 Å². The van der Waals surface area contributed by atoms with E-state index in [9.17, 15) is 0 Å². The maximum Gasteiger partial charge on any atom is 0.152 e. The fourth-order valence-corrected chi connectivity index (χ4v) is 3.88. The summed E-state index contributed by atoms with van der Waals surface area (Å²) in [6.45, 7) is 2.26. The van der Waals surface area contributed by atoms with Gasteiger partial charge in [-0.15, -0.1) is 0 Å². The highest BCUT2D eigenvalue weighted by molar-refractivity contribution is 5.86. The van der Waals surface area contributed by atoms with E-state index < -0.39 is 0 Å². The van der Waals surface area contributed by atoms with E-state index in [1.165, 1.54) is 0 Å². The molecule has 0 fully saturated rings. The van der Waals surface area contributed by atoms with Crippen LogP contribution in [0, 0.1) is 6.92 Å². The van der Waals surface area contributed by atoms with Gasteiger partial charge in [0, 0.05) is 22.8 Å². The number of benzene rings is 3. The van der Waals surface area contributed by atoms with E-state index in [-0.39, 0.29) is 0 Å². The highest BCUT2D eigenvalue weighted by atomic mass is 16.5. The fourth-order valence-electron chi connectivity index (χ4n) is 3.88. The van der Waals surface area contributed by atoms with Crippen molar-refractivity contribution in [3.63, 3.8) is 0 Å². The molecule has 0 radical (unpaired) electrons. The molecule has 0 aliphatic heterocycles. The van der Waals surface area contributed by atoms with Gasteiger partial charge in [-0.25, -0.2) is 4.98 Å². The summed E-state index contributed by atoms with van der Waals surface area (Å²) in [5.74, 6) is 3.13. The van der Waals surface area contributed by atoms with Gasteiger partial charge in [-0.3, -0.25) is 9.55 Å². The van der Waals surface area contributed by atoms with Crippen molar-refractivity contribution >= 4 is 21.9 Å². The second-order valence-electron chi connectivity index (χ2n) is 7.48. The highest BCUT2D eigenvalue weighted by Crippen LogP contribution is 2.30. The van der Waals surface area contributed by atoms with Crippen LogP contribution in [0.3, 0.4) is 0 Å². The first kappa shape index (κ1) is 19.9. The number of nitrogens with zero attached hydrogens (tertiary/aromatic N) is 3. The van der Waals surface area contributed by atoms with Crippen molar-refractivity contribution in [1.82, 2.24) is 14.5 Å². The van der Waals surface area contributed by atoms with Gasteiger partial charge in [-0.05, 0) is 61.5 Å². The summed E-state index contributed by atoms with van der Waals surface area (Å²) < 4.78 is 19.1. The Bertz CT molecular complexity index is 1410. The molecule has 0 aliphatic carbocycles. The Hall–Kier alpha value is -4.06. The van der Waals surface area contributed by atoms with Crippen molar-refractivity contribution in [3.8, 4) is 22.9 Å². The third-order valence-corrected chi connectivity index (χ3v) is 5.42. The van der Waals surface area contributed by atoms with Gasteiger partial charge in [0.1, 0.15) is 23.9 Å². The Morgan fingerprint density at radius 2 is 1.53 bits per heavy atom. The predicted molar refractivity (Wildman–Crippen MR) is 125 cm³/mol. The average Bonchev–Trinajstić information content (AvgIpc) is 3.20. The van der Waals surface area contributed by atoms with Gasteiger partial charge in [-0.1, -0.05) is 12.1 Å². The Morgan fingerprint density at radius 1 is 0.781 bits per heavy atom. The molecule has 32 heavy (non-hydrogen) atoms. The van der Waals surface area contributed by atoms with Crippen molar-refractivity contribution in [1.29, 1.82) is 0 Å². The smallest absolute Gasteiger partial charge is 0.152 e. The van der Waals surface area contributed by atoms with Crippen LogP contribution in [0.2, 0.25) is 0 Å². The number of para-hydroxylation sites is 2. The molecule has 0 unspecified atom stereocenters. The lowest BCUT2D eigenvalue weighted by Gasteiger charge is -2.13. The van der Waals surface area contributed by atoms with Crippen LogP contribution in [-0.2, 0) is 6.61 Å². The maximum atomic E-state index is 6.32. The number of hydrogen-bond acceptors (Lipinski definition) is 5. The Morgan fingerprint density at radius 3 is 2.31 bits per heavy atom. The van der Waals surface area contributed by atoms with Crippen molar-refractivity contribution < 1.29 is 14.2 Å². The molecule has 2 aromatic heterocycles. The number of aryl methyl sites for hydroxylation is 1. The largest absolute Gasteiger partial charge is 0.497 e. The van der Waals surface area contributed by atoms with E-state index in [0.29, 0.717) is 6.61 Å². The van der Waals surface area contributed by atoms with Gasteiger partial charge >= 0.3 is 0 Å². The van der Waals surface area contributed by atoms with Crippen LogP contribution in [0.25, 0.3) is 27.6 Å². The van der Waals surface area contributed by atoms with Gasteiger partial charge in [0.2, 0.25) is 0 Å². The predicted octanol–water partition coefficient (Wildman–Crippen LogP) is 5.48. The Balaban J connectivity index is 1.56. The first-order chi connectivity index (χ1) is 15.7. The topological polar surface area (TPSA) is 58.4 Å². The minimum atomic E-state index is 0.302. The zero-order chi connectivity index (χ0) is 22.1. The van der Waals surface area contributed by atoms with Crippen molar-refractivity contribution in [2.24, 2.45) is 0 Å². The summed E-state index contributed by atoms with van der Waals surface area (Å²) in [5.41, 5.74) is 4.69. The number of methoxy groups -OCH3 is 2. The average molecular weight is 425 g/mol. The van der Waals surface area contributed by atoms with Crippen LogP contribution in [0.1, 0.15) is 11.5 Å². The van der Waals surface area contributed by atoms with Crippen molar-refractivity contribution in [2.75, 3.05) is 14.2 Å². The Kier molecular flexibility index (Phi) is 5.11. The zero-order valence-corrected chi connectivity index (χ0v) is 18.2. The second-order valence-corrected chi connectivity index (χ2v) is 7.48. The fraction of sp³-hybridized carbons (Fsp3) is 0.154. The molecule has 2 heterocycles. The molecule has 3 aromatic carbocycles. The quantitative estimate of drug-likeness (QED) is 0.361. The van der Waals surface area contributed by atoms with Crippen LogP contribution < -0.4 is 14.2 Å². The number of aromatic nitrogens is 3. The van der Waals surface area contributed by atoms with Gasteiger partial charge in [0.15, 0.2) is 5.82 Å². The zero-order valence-electron chi connectivity index (χ0n) is 18.2. The highest BCUT2D eigenvalue weighted by Gasteiger charge is 2.14. The third-order valence-electron chi connectivity index (χ3n) is 5.42. The molecule has 5 rings (SSSR count). The Labute approximate surface area is 186 Å². The molecule has 0 atom stereocenters. The number of imidazole rings is 1. The molecule has 0 amide bonds. The van der Waals surface area contributed by atoms with E-state index in [1.54, 1.807) is 14.2 Å². The molecular formula is C26H23N3O3. The number of rotatable bonds is 6. The maximum absolute atomic E-state index is 6.32. The molecular weight excluding hydrogens is 402 g/mol. The molecule has 5 aromatic rings. The summed E-state index contributed by atoms with van der Waals surface area (Å²) in [4.78, 5) is 9.46. The normalized spacial score (nSPS) is 11.1. The van der Waals surface area contributed by atoms with Crippen molar-refractivity contribution in [3.05, 3.63) is 84.3 Å². The lowest BCUT2D eigenvalue weighted by Crippen LogP contribution is -2.06.